The van der Waals surface area contributed by atoms with Gasteiger partial charge < -0.3 is 10.2 Å². The van der Waals surface area contributed by atoms with E-state index in [1.807, 2.05) is 30.2 Å². The minimum absolute atomic E-state index is 0.0320. The highest BCUT2D eigenvalue weighted by Crippen LogP contribution is 2.24. The third-order valence-electron chi connectivity index (χ3n) is 5.49. The highest BCUT2D eigenvalue weighted by Gasteiger charge is 2.24. The SMILES string of the molecule is CCCc1ncc(C(=O)N2CCC(Cc3cccc(Nc4ncc(C)s4)n3)CC2)cn1. The zero-order valence-corrected chi connectivity index (χ0v) is 18.9. The molecule has 0 radical (unpaired) electrons. The third kappa shape index (κ3) is 5.64. The van der Waals surface area contributed by atoms with Gasteiger partial charge in [-0.15, -0.1) is 11.3 Å². The average Bonchev–Trinajstić information content (AvgIpc) is 3.19. The second kappa shape index (κ2) is 9.96. The van der Waals surface area contributed by atoms with E-state index in [9.17, 15) is 4.79 Å². The van der Waals surface area contributed by atoms with Crippen LogP contribution in [0.2, 0.25) is 0 Å². The number of amides is 1. The number of aromatic nitrogens is 4. The maximum atomic E-state index is 12.8. The number of anilines is 2. The third-order valence-corrected chi connectivity index (χ3v) is 6.32. The molecule has 4 rings (SSSR count). The first kappa shape index (κ1) is 21.4. The Balaban J connectivity index is 1.30. The topological polar surface area (TPSA) is 83.9 Å². The molecule has 0 aromatic carbocycles. The number of piperidine rings is 1. The highest BCUT2D eigenvalue weighted by molar-refractivity contribution is 7.15. The van der Waals surface area contributed by atoms with Gasteiger partial charge in [-0.2, -0.15) is 0 Å². The van der Waals surface area contributed by atoms with E-state index in [2.05, 4.69) is 33.3 Å². The van der Waals surface area contributed by atoms with Crippen LogP contribution in [-0.2, 0) is 12.8 Å². The Hall–Kier alpha value is -2.87. The molecule has 1 aliphatic rings. The molecule has 1 amide bonds. The molecule has 0 saturated carbocycles. The maximum absolute atomic E-state index is 12.8. The van der Waals surface area contributed by atoms with Crippen LogP contribution in [0.3, 0.4) is 0 Å². The predicted octanol–water partition coefficient (Wildman–Crippen LogP) is 4.43. The molecule has 0 atom stereocenters. The van der Waals surface area contributed by atoms with Crippen molar-refractivity contribution in [1.82, 2.24) is 24.8 Å². The van der Waals surface area contributed by atoms with E-state index in [-0.39, 0.29) is 5.91 Å². The van der Waals surface area contributed by atoms with Crippen molar-refractivity contribution in [2.45, 2.75) is 46.0 Å². The van der Waals surface area contributed by atoms with Crippen LogP contribution in [0.1, 0.15) is 52.9 Å². The van der Waals surface area contributed by atoms with Crippen LogP contribution in [0.25, 0.3) is 0 Å². The van der Waals surface area contributed by atoms with Crippen molar-refractivity contribution in [3.05, 3.63) is 58.7 Å². The first-order chi connectivity index (χ1) is 15.1. The van der Waals surface area contributed by atoms with Gasteiger partial charge in [-0.25, -0.2) is 19.9 Å². The monoisotopic (exact) mass is 436 g/mol. The summed E-state index contributed by atoms with van der Waals surface area (Å²) in [4.78, 5) is 33.6. The number of thiazole rings is 1. The maximum Gasteiger partial charge on any atom is 0.256 e. The van der Waals surface area contributed by atoms with E-state index in [1.54, 1.807) is 23.7 Å². The molecular formula is C23H28N6OS. The lowest BCUT2D eigenvalue weighted by Crippen LogP contribution is -2.39. The number of rotatable bonds is 7. The minimum Gasteiger partial charge on any atom is -0.339 e. The van der Waals surface area contributed by atoms with Gasteiger partial charge in [0.05, 0.1) is 5.56 Å². The van der Waals surface area contributed by atoms with Crippen molar-refractivity contribution in [1.29, 1.82) is 0 Å². The van der Waals surface area contributed by atoms with Gasteiger partial charge in [0, 0.05) is 48.7 Å². The van der Waals surface area contributed by atoms with Gasteiger partial charge in [-0.1, -0.05) is 13.0 Å². The van der Waals surface area contributed by atoms with Crippen molar-refractivity contribution >= 4 is 28.2 Å². The number of aryl methyl sites for hydroxylation is 2. The van der Waals surface area contributed by atoms with Gasteiger partial charge in [0.1, 0.15) is 11.6 Å². The van der Waals surface area contributed by atoms with Crippen molar-refractivity contribution in [3.8, 4) is 0 Å². The number of carbonyl (C=O) groups excluding carboxylic acids is 1. The Morgan fingerprint density at radius 1 is 1.16 bits per heavy atom. The fraction of sp³-hybridized carbons (Fsp3) is 0.435. The number of hydrogen-bond donors (Lipinski definition) is 1. The summed E-state index contributed by atoms with van der Waals surface area (Å²) < 4.78 is 0. The van der Waals surface area contributed by atoms with E-state index in [1.165, 1.54) is 4.88 Å². The lowest BCUT2D eigenvalue weighted by molar-refractivity contribution is 0.0689. The standard InChI is InChI=1S/C23H28N6OS/c1-3-5-20-24-14-18(15-25-20)22(30)29-10-8-17(9-11-29)12-19-6-4-7-21(27-19)28-23-26-13-16(2)31-23/h4,6-7,13-15,17H,3,5,8-12H2,1-2H3,(H,26,27,28). The van der Waals surface area contributed by atoms with Crippen LogP contribution >= 0.6 is 11.3 Å². The first-order valence-corrected chi connectivity index (χ1v) is 11.7. The van der Waals surface area contributed by atoms with Crippen LogP contribution < -0.4 is 5.32 Å². The zero-order chi connectivity index (χ0) is 21.6. The number of hydrogen-bond acceptors (Lipinski definition) is 7. The number of nitrogens with zero attached hydrogens (tertiary/aromatic N) is 5. The molecule has 3 aromatic rings. The normalized spacial score (nSPS) is 14.6. The Bertz CT molecular complexity index is 1010. The Morgan fingerprint density at radius 3 is 2.61 bits per heavy atom. The smallest absolute Gasteiger partial charge is 0.256 e. The fourth-order valence-electron chi connectivity index (χ4n) is 3.82. The number of pyridine rings is 1. The van der Waals surface area contributed by atoms with Gasteiger partial charge in [0.25, 0.3) is 5.91 Å². The minimum atomic E-state index is 0.0320. The Kier molecular flexibility index (Phi) is 6.86. The predicted molar refractivity (Wildman–Crippen MR) is 123 cm³/mol. The van der Waals surface area contributed by atoms with Crippen LogP contribution in [0.4, 0.5) is 10.9 Å². The molecular weight excluding hydrogens is 408 g/mol. The summed E-state index contributed by atoms with van der Waals surface area (Å²) in [6.45, 7) is 5.65. The quantitative estimate of drug-likeness (QED) is 0.590. The second-order valence-corrected chi connectivity index (χ2v) is 9.23. The van der Waals surface area contributed by atoms with E-state index in [0.29, 0.717) is 11.5 Å². The molecule has 3 aromatic heterocycles. The van der Waals surface area contributed by atoms with Gasteiger partial charge in [-0.05, 0) is 50.7 Å². The number of carbonyl (C=O) groups is 1. The second-order valence-electron chi connectivity index (χ2n) is 7.99. The summed E-state index contributed by atoms with van der Waals surface area (Å²) in [6.07, 6.45) is 9.91. The first-order valence-electron chi connectivity index (χ1n) is 10.9. The van der Waals surface area contributed by atoms with Crippen LogP contribution in [0, 0.1) is 12.8 Å². The van der Waals surface area contributed by atoms with E-state index in [4.69, 9.17) is 4.98 Å². The van der Waals surface area contributed by atoms with E-state index >= 15 is 0 Å². The van der Waals surface area contributed by atoms with Gasteiger partial charge in [0.15, 0.2) is 5.13 Å². The van der Waals surface area contributed by atoms with Crippen molar-refractivity contribution in [2.75, 3.05) is 18.4 Å². The summed E-state index contributed by atoms with van der Waals surface area (Å²) in [6, 6.07) is 6.08. The number of nitrogens with one attached hydrogen (secondary N) is 1. The Labute approximate surface area is 187 Å². The molecule has 1 aliphatic heterocycles. The lowest BCUT2D eigenvalue weighted by atomic mass is 9.91. The molecule has 162 valence electrons. The summed E-state index contributed by atoms with van der Waals surface area (Å²) in [7, 11) is 0. The van der Waals surface area contributed by atoms with Gasteiger partial charge >= 0.3 is 0 Å². The molecule has 0 unspecified atom stereocenters. The molecule has 4 heterocycles. The molecule has 0 bridgehead atoms. The average molecular weight is 437 g/mol. The summed E-state index contributed by atoms with van der Waals surface area (Å²) in [5, 5.41) is 4.15. The molecule has 1 fully saturated rings. The molecule has 7 nitrogen and oxygen atoms in total. The summed E-state index contributed by atoms with van der Waals surface area (Å²) >= 11 is 1.62. The van der Waals surface area contributed by atoms with Gasteiger partial charge in [-0.3, -0.25) is 4.79 Å². The summed E-state index contributed by atoms with van der Waals surface area (Å²) in [5.74, 6) is 2.18. The zero-order valence-electron chi connectivity index (χ0n) is 18.0. The molecule has 31 heavy (non-hydrogen) atoms. The van der Waals surface area contributed by atoms with Crippen molar-refractivity contribution in [2.24, 2.45) is 5.92 Å². The number of likely N-dealkylation sites (tertiary alicyclic amines) is 1. The fourth-order valence-corrected chi connectivity index (χ4v) is 4.49. The molecule has 0 aliphatic carbocycles. The van der Waals surface area contributed by atoms with Crippen molar-refractivity contribution < 1.29 is 4.79 Å². The molecule has 1 saturated heterocycles. The highest BCUT2D eigenvalue weighted by atomic mass is 32.1. The molecule has 0 spiro atoms. The van der Waals surface area contributed by atoms with Crippen molar-refractivity contribution in [3.63, 3.8) is 0 Å². The molecule has 1 N–H and O–H groups in total. The Morgan fingerprint density at radius 2 is 1.94 bits per heavy atom. The largest absolute Gasteiger partial charge is 0.339 e. The van der Waals surface area contributed by atoms with Crippen LogP contribution in [-0.4, -0.2) is 43.8 Å². The van der Waals surface area contributed by atoms with Crippen LogP contribution in [0.15, 0.2) is 36.8 Å². The van der Waals surface area contributed by atoms with Gasteiger partial charge in [0.2, 0.25) is 0 Å². The van der Waals surface area contributed by atoms with Crippen LogP contribution in [0.5, 0.6) is 0 Å². The van der Waals surface area contributed by atoms with E-state index < -0.39 is 0 Å². The van der Waals surface area contributed by atoms with E-state index in [0.717, 1.165) is 67.7 Å². The lowest BCUT2D eigenvalue weighted by Gasteiger charge is -2.32. The summed E-state index contributed by atoms with van der Waals surface area (Å²) in [5.41, 5.74) is 1.65. The molecule has 8 heteroatoms.